The molecule has 1 fully saturated rings. The predicted octanol–water partition coefficient (Wildman–Crippen LogP) is 4.80. The summed E-state index contributed by atoms with van der Waals surface area (Å²) in [5, 5.41) is 23.8. The van der Waals surface area contributed by atoms with E-state index < -0.39 is 30.4 Å². The molecule has 6 N–H and O–H groups in total. The topological polar surface area (TPSA) is 154 Å². The number of aliphatic imine (C=N–C) groups is 1. The van der Waals surface area contributed by atoms with Gasteiger partial charge in [-0.25, -0.2) is 4.79 Å². The van der Waals surface area contributed by atoms with E-state index in [2.05, 4.69) is 10.6 Å². The number of hydrogen-bond acceptors (Lipinski definition) is 6. The third-order valence-corrected chi connectivity index (χ3v) is 6.99. The number of anilines is 2. The summed E-state index contributed by atoms with van der Waals surface area (Å²) in [6, 6.07) is 20.0. The number of nitrogens with zero attached hydrogens (tertiary/aromatic N) is 1. The number of rotatable bonds is 10. The highest BCUT2D eigenvalue weighted by Gasteiger charge is 2.24. The lowest BCUT2D eigenvalue weighted by molar-refractivity contribution is -0.131. The van der Waals surface area contributed by atoms with Crippen molar-refractivity contribution in [3.8, 4) is 0 Å². The zero-order valence-electron chi connectivity index (χ0n) is 22.6. The van der Waals surface area contributed by atoms with Crippen molar-refractivity contribution in [1.29, 1.82) is 0 Å². The Bertz CT molecular complexity index is 1430. The van der Waals surface area contributed by atoms with Crippen LogP contribution in [0.3, 0.4) is 0 Å². The van der Waals surface area contributed by atoms with Crippen LogP contribution in [0.2, 0.25) is 0 Å². The van der Waals surface area contributed by atoms with Crippen molar-refractivity contribution in [1.82, 2.24) is 5.32 Å². The van der Waals surface area contributed by atoms with E-state index in [4.69, 9.17) is 15.8 Å². The maximum atomic E-state index is 13.0. The summed E-state index contributed by atoms with van der Waals surface area (Å²) < 4.78 is 0. The number of nitrogen functional groups attached to an aromatic ring is 1. The number of carboxylic acid groups (broad SMARTS) is 1. The summed E-state index contributed by atoms with van der Waals surface area (Å²) in [5.74, 6) is -1.94. The minimum Gasteiger partial charge on any atom is -0.478 e. The average Bonchev–Trinajstić information content (AvgIpc) is 2.99. The number of carbonyl (C=O) groups is 3. The van der Waals surface area contributed by atoms with Gasteiger partial charge in [0.1, 0.15) is 6.04 Å². The SMILES string of the molecule is Nc1cc(C(=O)NC(CO)C(=O)Nc2ccc(C=CC(=O)O)cc2)ccc1C(=Nc1ccccc1)C1CCCCC1. The number of aliphatic carboxylic acids is 1. The second-order valence-electron chi connectivity index (χ2n) is 9.96. The molecule has 0 aromatic heterocycles. The highest BCUT2D eigenvalue weighted by atomic mass is 16.4. The normalized spacial score (nSPS) is 14.9. The molecule has 0 bridgehead atoms. The van der Waals surface area contributed by atoms with Crippen LogP contribution in [0.5, 0.6) is 0 Å². The smallest absolute Gasteiger partial charge is 0.328 e. The Morgan fingerprint density at radius 2 is 1.68 bits per heavy atom. The summed E-state index contributed by atoms with van der Waals surface area (Å²) >= 11 is 0. The van der Waals surface area contributed by atoms with Gasteiger partial charge < -0.3 is 26.6 Å². The van der Waals surface area contributed by atoms with E-state index in [0.717, 1.165) is 48.7 Å². The van der Waals surface area contributed by atoms with Crippen LogP contribution in [0.1, 0.15) is 53.6 Å². The van der Waals surface area contributed by atoms with Gasteiger partial charge in [-0.1, -0.05) is 55.7 Å². The van der Waals surface area contributed by atoms with Gasteiger partial charge in [-0.15, -0.1) is 0 Å². The van der Waals surface area contributed by atoms with Gasteiger partial charge in [0, 0.05) is 34.5 Å². The molecule has 0 radical (unpaired) electrons. The van der Waals surface area contributed by atoms with Crippen molar-refractivity contribution in [3.05, 3.63) is 95.6 Å². The van der Waals surface area contributed by atoms with E-state index in [1.165, 1.54) is 12.5 Å². The molecular formula is C32H34N4O5. The largest absolute Gasteiger partial charge is 0.478 e. The van der Waals surface area contributed by atoms with Gasteiger partial charge in [-0.2, -0.15) is 0 Å². The molecule has 9 heteroatoms. The zero-order chi connectivity index (χ0) is 29.2. The average molecular weight is 555 g/mol. The fourth-order valence-corrected chi connectivity index (χ4v) is 4.84. The molecule has 1 aliphatic carbocycles. The van der Waals surface area contributed by atoms with Crippen LogP contribution >= 0.6 is 0 Å². The molecule has 3 aromatic carbocycles. The third-order valence-electron chi connectivity index (χ3n) is 6.99. The zero-order valence-corrected chi connectivity index (χ0v) is 22.6. The quantitative estimate of drug-likeness (QED) is 0.138. The highest BCUT2D eigenvalue weighted by Crippen LogP contribution is 2.31. The number of carbonyl (C=O) groups excluding carboxylic acids is 2. The van der Waals surface area contributed by atoms with E-state index in [-0.39, 0.29) is 11.5 Å². The van der Waals surface area contributed by atoms with Crippen molar-refractivity contribution >= 4 is 46.6 Å². The number of carboxylic acids is 1. The molecule has 2 amide bonds. The van der Waals surface area contributed by atoms with Crippen LogP contribution in [-0.4, -0.2) is 46.4 Å². The summed E-state index contributed by atoms with van der Waals surface area (Å²) in [6.45, 7) is -0.611. The molecule has 0 aliphatic heterocycles. The maximum absolute atomic E-state index is 13.0. The molecular weight excluding hydrogens is 520 g/mol. The van der Waals surface area contributed by atoms with Gasteiger partial charge in [0.2, 0.25) is 5.91 Å². The third kappa shape index (κ3) is 8.12. The summed E-state index contributed by atoms with van der Waals surface area (Å²) in [5.41, 5.74) is 10.8. The Morgan fingerprint density at radius 3 is 2.32 bits per heavy atom. The van der Waals surface area contributed by atoms with Crippen molar-refractivity contribution in [2.24, 2.45) is 10.9 Å². The Hall–Kier alpha value is -4.76. The minimum absolute atomic E-state index is 0.259. The van der Waals surface area contributed by atoms with E-state index >= 15 is 0 Å². The number of benzene rings is 3. The number of para-hydroxylation sites is 1. The maximum Gasteiger partial charge on any atom is 0.328 e. The van der Waals surface area contributed by atoms with Crippen LogP contribution in [0.4, 0.5) is 17.1 Å². The van der Waals surface area contributed by atoms with Gasteiger partial charge in [-0.05, 0) is 60.9 Å². The van der Waals surface area contributed by atoms with Crippen LogP contribution in [-0.2, 0) is 9.59 Å². The van der Waals surface area contributed by atoms with Crippen LogP contribution in [0.15, 0.2) is 83.9 Å². The molecule has 0 spiro atoms. The summed E-state index contributed by atoms with van der Waals surface area (Å²) in [7, 11) is 0. The lowest BCUT2D eigenvalue weighted by Gasteiger charge is -2.25. The Labute approximate surface area is 238 Å². The van der Waals surface area contributed by atoms with Gasteiger partial charge in [0.05, 0.1) is 18.0 Å². The molecule has 212 valence electrons. The first-order valence-electron chi connectivity index (χ1n) is 13.6. The van der Waals surface area contributed by atoms with Gasteiger partial charge in [-0.3, -0.25) is 14.6 Å². The second kappa shape index (κ2) is 14.0. The van der Waals surface area contributed by atoms with E-state index in [9.17, 15) is 19.5 Å². The lowest BCUT2D eigenvalue weighted by Crippen LogP contribution is -2.46. The predicted molar refractivity (Wildman–Crippen MR) is 160 cm³/mol. The standard InChI is InChI=1S/C32H34N4O5/c33-27-19-23(14-17-26(27)30(22-7-3-1-4-8-22)34-24-9-5-2-6-10-24)31(40)36-28(20-37)32(41)35-25-15-11-21(12-16-25)13-18-29(38)39/h2,5-6,9-19,22,28,37H,1,3-4,7-8,20,33H2,(H,35,41)(H,36,40)(H,38,39). The summed E-state index contributed by atoms with van der Waals surface area (Å²) in [4.78, 5) is 41.4. The van der Waals surface area contributed by atoms with Crippen molar-refractivity contribution in [3.63, 3.8) is 0 Å². The van der Waals surface area contributed by atoms with Gasteiger partial charge >= 0.3 is 5.97 Å². The molecule has 1 unspecified atom stereocenters. The molecule has 9 nitrogen and oxygen atoms in total. The molecule has 1 saturated carbocycles. The monoisotopic (exact) mass is 554 g/mol. The minimum atomic E-state index is -1.20. The molecule has 1 aliphatic rings. The molecule has 3 aromatic rings. The Kier molecular flexibility index (Phi) is 10.0. The first kappa shape index (κ1) is 29.2. The number of aliphatic hydroxyl groups excluding tert-OH is 1. The Balaban J connectivity index is 1.47. The van der Waals surface area contributed by atoms with E-state index in [0.29, 0.717) is 16.9 Å². The van der Waals surface area contributed by atoms with Crippen LogP contribution in [0.25, 0.3) is 6.08 Å². The van der Waals surface area contributed by atoms with Gasteiger partial charge in [0.25, 0.3) is 5.91 Å². The second-order valence-corrected chi connectivity index (χ2v) is 9.96. The van der Waals surface area contributed by atoms with Crippen molar-refractivity contribution in [2.75, 3.05) is 17.7 Å². The molecule has 4 rings (SSSR count). The number of nitrogens with two attached hydrogens (primary N) is 1. The first-order valence-corrected chi connectivity index (χ1v) is 13.6. The fraction of sp³-hybridized carbons (Fsp3) is 0.250. The van der Waals surface area contributed by atoms with Crippen molar-refractivity contribution in [2.45, 2.75) is 38.1 Å². The molecule has 41 heavy (non-hydrogen) atoms. The fourth-order valence-electron chi connectivity index (χ4n) is 4.84. The van der Waals surface area contributed by atoms with E-state index in [1.54, 1.807) is 42.5 Å². The van der Waals surface area contributed by atoms with Crippen LogP contribution in [0, 0.1) is 5.92 Å². The number of hydrogen-bond donors (Lipinski definition) is 5. The van der Waals surface area contributed by atoms with Gasteiger partial charge in [0.15, 0.2) is 0 Å². The van der Waals surface area contributed by atoms with Crippen LogP contribution < -0.4 is 16.4 Å². The molecule has 0 saturated heterocycles. The highest BCUT2D eigenvalue weighted by molar-refractivity contribution is 6.09. The lowest BCUT2D eigenvalue weighted by atomic mass is 9.82. The number of nitrogens with one attached hydrogen (secondary N) is 2. The summed E-state index contributed by atoms with van der Waals surface area (Å²) in [6.07, 6.45) is 7.97. The molecule has 0 heterocycles. The number of aliphatic hydroxyl groups is 1. The van der Waals surface area contributed by atoms with E-state index in [1.807, 2.05) is 30.3 Å². The number of amides is 2. The first-order chi connectivity index (χ1) is 19.8. The van der Waals surface area contributed by atoms with Crippen molar-refractivity contribution < 1.29 is 24.6 Å². The Morgan fingerprint density at radius 1 is 0.976 bits per heavy atom. The molecule has 1 atom stereocenters.